The monoisotopic (exact) mass is 432 g/mol. The van der Waals surface area contributed by atoms with Gasteiger partial charge < -0.3 is 14.6 Å². The van der Waals surface area contributed by atoms with Crippen LogP contribution in [-0.2, 0) is 14.3 Å². The molecule has 6 rings (SSSR count). The minimum atomic E-state index is -0.981. The van der Waals surface area contributed by atoms with Gasteiger partial charge in [-0.3, -0.25) is 0 Å². The molecular formula is C27H44O4. The molecule has 4 aliphatic carbocycles. The summed E-state index contributed by atoms with van der Waals surface area (Å²) >= 11 is 0. The molecule has 6 atom stereocenters. The molecule has 2 saturated heterocycles. The van der Waals surface area contributed by atoms with Crippen molar-refractivity contribution in [2.45, 2.75) is 127 Å². The van der Waals surface area contributed by atoms with E-state index in [0.29, 0.717) is 24.4 Å². The van der Waals surface area contributed by atoms with Crippen molar-refractivity contribution in [3.63, 3.8) is 0 Å². The molecular weight excluding hydrogens is 388 g/mol. The summed E-state index contributed by atoms with van der Waals surface area (Å²) in [5, 5.41) is 7.60. The molecule has 0 aromatic carbocycles. The molecule has 6 aliphatic rings. The van der Waals surface area contributed by atoms with Crippen LogP contribution in [0.25, 0.3) is 0 Å². The molecule has 2 heterocycles. The first-order chi connectivity index (χ1) is 15.1. The van der Waals surface area contributed by atoms with Gasteiger partial charge in [-0.1, -0.05) is 70.8 Å². The Bertz CT molecular complexity index is 536. The van der Waals surface area contributed by atoms with Crippen molar-refractivity contribution in [2.75, 3.05) is 0 Å². The minimum absolute atomic E-state index is 0.694. The largest absolute Gasteiger partial charge is 0.478 e. The highest BCUT2D eigenvalue weighted by atomic mass is 16.6. The van der Waals surface area contributed by atoms with E-state index in [4.69, 9.17) is 14.6 Å². The van der Waals surface area contributed by atoms with Crippen molar-refractivity contribution >= 4 is 5.97 Å². The zero-order valence-corrected chi connectivity index (χ0v) is 19.4. The number of ether oxygens (including phenoxy) is 2. The van der Waals surface area contributed by atoms with Crippen molar-refractivity contribution in [3.05, 3.63) is 12.7 Å². The molecule has 6 fully saturated rings. The summed E-state index contributed by atoms with van der Waals surface area (Å²) in [7, 11) is 0. The van der Waals surface area contributed by atoms with Gasteiger partial charge in [-0.2, -0.15) is 0 Å². The lowest BCUT2D eigenvalue weighted by atomic mass is 9.73. The minimum Gasteiger partial charge on any atom is -0.478 e. The van der Waals surface area contributed by atoms with Crippen LogP contribution in [0.3, 0.4) is 0 Å². The van der Waals surface area contributed by atoms with Gasteiger partial charge in [0.2, 0.25) is 0 Å². The van der Waals surface area contributed by atoms with Crippen LogP contribution in [0.5, 0.6) is 0 Å². The van der Waals surface area contributed by atoms with Gasteiger partial charge in [-0.05, 0) is 62.2 Å². The smallest absolute Gasteiger partial charge is 0.327 e. The number of hydrogen-bond donors (Lipinski definition) is 1. The van der Waals surface area contributed by atoms with Crippen molar-refractivity contribution < 1.29 is 19.4 Å². The molecule has 0 amide bonds. The van der Waals surface area contributed by atoms with E-state index in [9.17, 15) is 4.79 Å². The van der Waals surface area contributed by atoms with E-state index in [0.717, 1.165) is 29.7 Å². The van der Waals surface area contributed by atoms with Gasteiger partial charge in [-0.25, -0.2) is 4.79 Å². The van der Waals surface area contributed by atoms with Crippen molar-refractivity contribution in [2.24, 2.45) is 23.7 Å². The van der Waals surface area contributed by atoms with Crippen LogP contribution in [0.4, 0.5) is 0 Å². The first-order valence-electron chi connectivity index (χ1n) is 13.3. The van der Waals surface area contributed by atoms with Crippen LogP contribution in [-0.4, -0.2) is 35.5 Å². The van der Waals surface area contributed by atoms with Crippen LogP contribution in [0.2, 0.25) is 0 Å². The molecule has 4 saturated carbocycles. The Morgan fingerprint density at radius 3 is 1.32 bits per heavy atom. The average molecular weight is 433 g/mol. The number of carbonyl (C=O) groups is 1. The standard InChI is InChI=1S/2C12H20O.C3H4O2/c2*1-2-4-9(5-3-1)10-6-7-11-12(8-10)13-11;1-2-3(4)5/h2*9-12H,1-8H2;2H,1H2,(H,4,5). The molecule has 4 heteroatoms. The van der Waals surface area contributed by atoms with Crippen molar-refractivity contribution in [3.8, 4) is 0 Å². The van der Waals surface area contributed by atoms with E-state index >= 15 is 0 Å². The topological polar surface area (TPSA) is 62.4 Å². The number of hydrogen-bond acceptors (Lipinski definition) is 3. The fourth-order valence-electron chi connectivity index (χ4n) is 6.94. The predicted molar refractivity (Wildman–Crippen MR) is 123 cm³/mol. The number of rotatable bonds is 3. The molecule has 176 valence electrons. The fourth-order valence-corrected chi connectivity index (χ4v) is 6.94. The molecule has 0 aromatic rings. The van der Waals surface area contributed by atoms with Gasteiger partial charge >= 0.3 is 5.97 Å². The SMILES string of the molecule is C1CCC(C2CCC3OC3C2)CC1.C1CCC(C2CCC3OC3C2)CC1.C=CC(=O)O. The Morgan fingerprint density at radius 2 is 1.00 bits per heavy atom. The number of epoxide rings is 2. The van der Waals surface area contributed by atoms with E-state index in [1.165, 1.54) is 103 Å². The summed E-state index contributed by atoms with van der Waals surface area (Å²) in [5.74, 6) is 3.22. The lowest BCUT2D eigenvalue weighted by Gasteiger charge is -2.31. The zero-order valence-electron chi connectivity index (χ0n) is 19.4. The van der Waals surface area contributed by atoms with E-state index in [1.54, 1.807) is 0 Å². The molecule has 4 nitrogen and oxygen atoms in total. The number of fused-ring (bicyclic) bond motifs is 2. The maximum atomic E-state index is 9.25. The first kappa shape index (κ1) is 23.3. The van der Waals surface area contributed by atoms with Gasteiger partial charge in [-0.15, -0.1) is 0 Å². The molecule has 6 unspecified atom stereocenters. The summed E-state index contributed by atoms with van der Waals surface area (Å²) in [6.07, 6.45) is 27.1. The molecule has 0 radical (unpaired) electrons. The van der Waals surface area contributed by atoms with Crippen molar-refractivity contribution in [1.82, 2.24) is 0 Å². The van der Waals surface area contributed by atoms with Gasteiger partial charge in [0.1, 0.15) is 0 Å². The zero-order chi connectivity index (χ0) is 21.6. The maximum absolute atomic E-state index is 9.25. The number of aliphatic carboxylic acids is 1. The lowest BCUT2D eigenvalue weighted by molar-refractivity contribution is -0.131. The van der Waals surface area contributed by atoms with Crippen LogP contribution < -0.4 is 0 Å². The molecule has 0 spiro atoms. The van der Waals surface area contributed by atoms with Gasteiger partial charge in [0.15, 0.2) is 0 Å². The summed E-state index contributed by atoms with van der Waals surface area (Å²) in [4.78, 5) is 9.25. The van der Waals surface area contributed by atoms with Crippen LogP contribution in [0, 0.1) is 23.7 Å². The van der Waals surface area contributed by atoms with Gasteiger partial charge in [0, 0.05) is 6.08 Å². The fraction of sp³-hybridized carbons (Fsp3) is 0.889. The van der Waals surface area contributed by atoms with E-state index in [2.05, 4.69) is 6.58 Å². The average Bonchev–Trinajstić information content (AvgIpc) is 3.74. The third-order valence-corrected chi connectivity index (χ3v) is 8.90. The van der Waals surface area contributed by atoms with Crippen LogP contribution >= 0.6 is 0 Å². The lowest BCUT2D eigenvalue weighted by Crippen LogP contribution is -2.23. The van der Waals surface area contributed by atoms with Crippen LogP contribution in [0.15, 0.2) is 12.7 Å². The van der Waals surface area contributed by atoms with E-state index in [1.807, 2.05) is 0 Å². The second kappa shape index (κ2) is 11.3. The summed E-state index contributed by atoms with van der Waals surface area (Å²) < 4.78 is 11.2. The molecule has 2 aliphatic heterocycles. The predicted octanol–water partition coefficient (Wildman–Crippen LogP) is 6.53. The third-order valence-electron chi connectivity index (χ3n) is 8.90. The first-order valence-corrected chi connectivity index (χ1v) is 13.3. The van der Waals surface area contributed by atoms with Gasteiger partial charge in [0.05, 0.1) is 24.4 Å². The highest BCUT2D eigenvalue weighted by Gasteiger charge is 2.46. The maximum Gasteiger partial charge on any atom is 0.327 e. The highest BCUT2D eigenvalue weighted by Crippen LogP contribution is 2.46. The Balaban J connectivity index is 0.000000124. The number of carboxylic acid groups (broad SMARTS) is 1. The summed E-state index contributed by atoms with van der Waals surface area (Å²) in [5.41, 5.74) is 0. The quantitative estimate of drug-likeness (QED) is 0.407. The highest BCUT2D eigenvalue weighted by molar-refractivity contribution is 5.78. The molecule has 0 bridgehead atoms. The second-order valence-corrected chi connectivity index (χ2v) is 10.9. The number of carboxylic acids is 1. The summed E-state index contributed by atoms with van der Waals surface area (Å²) in [6, 6.07) is 0. The molecule has 0 aromatic heterocycles. The third kappa shape index (κ3) is 7.05. The second-order valence-electron chi connectivity index (χ2n) is 10.9. The summed E-state index contributed by atoms with van der Waals surface area (Å²) in [6.45, 7) is 2.96. The Labute approximate surface area is 189 Å². The van der Waals surface area contributed by atoms with Gasteiger partial charge in [0.25, 0.3) is 0 Å². The Morgan fingerprint density at radius 1 is 0.613 bits per heavy atom. The molecule has 31 heavy (non-hydrogen) atoms. The normalized spacial score (nSPS) is 39.4. The van der Waals surface area contributed by atoms with Crippen molar-refractivity contribution in [1.29, 1.82) is 0 Å². The van der Waals surface area contributed by atoms with Crippen LogP contribution in [0.1, 0.15) is 103 Å². The van der Waals surface area contributed by atoms with E-state index in [-0.39, 0.29) is 0 Å². The van der Waals surface area contributed by atoms with E-state index < -0.39 is 5.97 Å². The Kier molecular flexibility index (Phi) is 8.50. The Hall–Kier alpha value is -0.870. The molecule has 1 N–H and O–H groups in total.